The summed E-state index contributed by atoms with van der Waals surface area (Å²) in [6, 6.07) is 9.21. The van der Waals surface area contributed by atoms with E-state index in [1.165, 1.54) is 0 Å². The van der Waals surface area contributed by atoms with Gasteiger partial charge in [-0.1, -0.05) is 35.4 Å². The predicted molar refractivity (Wildman–Crippen MR) is 51.7 cm³/mol. The Labute approximate surface area is 89.8 Å². The van der Waals surface area contributed by atoms with E-state index in [9.17, 15) is 10.1 Å². The highest BCUT2D eigenvalue weighted by Gasteiger charge is 2.23. The summed E-state index contributed by atoms with van der Waals surface area (Å²) < 4.78 is 9.44. The van der Waals surface area contributed by atoms with E-state index in [4.69, 9.17) is 4.74 Å². The maximum absolute atomic E-state index is 10.4. The Balaban J connectivity index is 2.05. The van der Waals surface area contributed by atoms with E-state index in [2.05, 4.69) is 14.9 Å². The Bertz CT molecular complexity index is 483. The second-order valence-corrected chi connectivity index (χ2v) is 2.91. The summed E-state index contributed by atoms with van der Waals surface area (Å²) in [7, 11) is 0. The van der Waals surface area contributed by atoms with Crippen LogP contribution in [-0.2, 0) is 6.61 Å². The molecule has 0 aliphatic carbocycles. The Kier molecular flexibility index (Phi) is 2.77. The van der Waals surface area contributed by atoms with Gasteiger partial charge in [0.25, 0.3) is 0 Å². The van der Waals surface area contributed by atoms with Crippen molar-refractivity contribution in [3.05, 3.63) is 46.0 Å². The highest BCUT2D eigenvalue weighted by atomic mass is 16.7. The molecule has 1 aromatic heterocycles. The molecule has 0 spiro atoms. The molecule has 16 heavy (non-hydrogen) atoms. The zero-order chi connectivity index (χ0) is 11.4. The van der Waals surface area contributed by atoms with Crippen LogP contribution < -0.4 is 4.74 Å². The normalized spacial score (nSPS) is 10.0. The molecule has 0 N–H and O–H groups in total. The molecule has 0 saturated heterocycles. The van der Waals surface area contributed by atoms with E-state index in [0.29, 0.717) is 0 Å². The van der Waals surface area contributed by atoms with Gasteiger partial charge in [-0.3, -0.25) is 14.6 Å². The zero-order valence-electron chi connectivity index (χ0n) is 8.07. The van der Waals surface area contributed by atoms with Gasteiger partial charge in [-0.25, -0.2) is 0 Å². The van der Waals surface area contributed by atoms with Crippen molar-refractivity contribution in [2.24, 2.45) is 0 Å². The van der Waals surface area contributed by atoms with Crippen LogP contribution in [0.2, 0.25) is 0 Å². The molecule has 1 aromatic carbocycles. The minimum absolute atomic E-state index is 0.176. The summed E-state index contributed by atoms with van der Waals surface area (Å²) in [5, 5.41) is 16.9. The van der Waals surface area contributed by atoms with Gasteiger partial charge in [0, 0.05) is 5.27 Å². The molecule has 7 heteroatoms. The van der Waals surface area contributed by atoms with Crippen LogP contribution in [0.5, 0.6) is 5.88 Å². The fourth-order valence-corrected chi connectivity index (χ4v) is 1.11. The van der Waals surface area contributed by atoms with Gasteiger partial charge in [-0.05, 0) is 5.56 Å². The van der Waals surface area contributed by atoms with Crippen LogP contribution in [0.15, 0.2) is 34.9 Å². The van der Waals surface area contributed by atoms with E-state index in [1.807, 2.05) is 30.3 Å². The standard InChI is InChI=1S/C9H7N3O4/c13-12(14)9-8(10-11-16-9)15-6-7-4-2-1-3-5-7/h1-5H,6H2. The highest BCUT2D eigenvalue weighted by Crippen LogP contribution is 2.23. The van der Waals surface area contributed by atoms with Gasteiger partial charge in [0.2, 0.25) is 0 Å². The monoisotopic (exact) mass is 221 g/mol. The molecule has 7 nitrogen and oxygen atoms in total. The van der Waals surface area contributed by atoms with Crippen molar-refractivity contribution in [1.82, 2.24) is 10.4 Å². The largest absolute Gasteiger partial charge is 0.520 e. The Hall–Kier alpha value is -2.44. The van der Waals surface area contributed by atoms with Crippen LogP contribution in [0.1, 0.15) is 5.56 Å². The summed E-state index contributed by atoms with van der Waals surface area (Å²) in [6.07, 6.45) is 0. The maximum atomic E-state index is 10.4. The quantitative estimate of drug-likeness (QED) is 0.574. The second-order valence-electron chi connectivity index (χ2n) is 2.91. The molecule has 2 rings (SSSR count). The lowest BCUT2D eigenvalue weighted by molar-refractivity contribution is -0.405. The van der Waals surface area contributed by atoms with Gasteiger partial charge in [0.1, 0.15) is 11.5 Å². The third-order valence-corrected chi connectivity index (χ3v) is 1.83. The molecule has 0 aliphatic heterocycles. The van der Waals surface area contributed by atoms with Crippen molar-refractivity contribution in [3.63, 3.8) is 0 Å². The van der Waals surface area contributed by atoms with Gasteiger partial charge in [-0.2, -0.15) is 0 Å². The molecular formula is C9H7N3O4. The van der Waals surface area contributed by atoms with Crippen LogP contribution in [-0.4, -0.2) is 15.3 Å². The van der Waals surface area contributed by atoms with Gasteiger partial charge in [0.05, 0.1) is 0 Å². The summed E-state index contributed by atoms with van der Waals surface area (Å²) in [4.78, 5) is 9.71. The van der Waals surface area contributed by atoms with Crippen molar-refractivity contribution >= 4 is 5.88 Å². The molecule has 0 aliphatic rings. The molecular weight excluding hydrogens is 214 g/mol. The summed E-state index contributed by atoms with van der Waals surface area (Å²) in [5.41, 5.74) is 0.875. The molecule has 0 unspecified atom stereocenters. The maximum Gasteiger partial charge on any atom is 0.520 e. The van der Waals surface area contributed by atoms with E-state index in [1.54, 1.807) is 0 Å². The molecule has 0 radical (unpaired) electrons. The predicted octanol–water partition coefficient (Wildman–Crippen LogP) is 1.56. The molecule has 0 fully saturated rings. The minimum atomic E-state index is -0.736. The van der Waals surface area contributed by atoms with E-state index < -0.39 is 10.8 Å². The van der Waals surface area contributed by atoms with E-state index in [0.717, 1.165) is 5.56 Å². The van der Waals surface area contributed by atoms with Gasteiger partial charge in [0.15, 0.2) is 0 Å². The first kappa shape index (κ1) is 10.1. The average molecular weight is 221 g/mol. The first-order valence-electron chi connectivity index (χ1n) is 4.41. The van der Waals surface area contributed by atoms with Crippen LogP contribution in [0.3, 0.4) is 0 Å². The number of benzene rings is 1. The smallest absolute Gasteiger partial charge is 0.464 e. The number of hydrogen-bond donors (Lipinski definition) is 0. The van der Waals surface area contributed by atoms with Gasteiger partial charge >= 0.3 is 11.8 Å². The summed E-state index contributed by atoms with van der Waals surface area (Å²) >= 11 is 0. The Morgan fingerprint density at radius 2 is 2.12 bits per heavy atom. The number of aromatic nitrogens is 2. The number of hydrogen-bond acceptors (Lipinski definition) is 6. The molecule has 82 valence electrons. The zero-order valence-corrected chi connectivity index (χ0v) is 8.07. The van der Waals surface area contributed by atoms with E-state index in [-0.39, 0.29) is 12.5 Å². The molecule has 2 aromatic rings. The molecule has 0 saturated carbocycles. The number of ether oxygens (including phenoxy) is 1. The molecule has 0 bridgehead atoms. The number of nitro groups is 1. The van der Waals surface area contributed by atoms with Gasteiger partial charge < -0.3 is 4.74 Å². The lowest BCUT2D eigenvalue weighted by Gasteiger charge is -2.00. The van der Waals surface area contributed by atoms with Gasteiger partial charge in [-0.15, -0.1) is 0 Å². The molecule has 0 atom stereocenters. The van der Waals surface area contributed by atoms with Crippen molar-refractivity contribution in [2.45, 2.75) is 6.61 Å². The minimum Gasteiger partial charge on any atom is -0.464 e. The highest BCUT2D eigenvalue weighted by molar-refractivity contribution is 5.26. The van der Waals surface area contributed by atoms with Crippen molar-refractivity contribution in [2.75, 3.05) is 0 Å². The summed E-state index contributed by atoms with van der Waals surface area (Å²) in [6.45, 7) is 0.176. The number of rotatable bonds is 4. The fourth-order valence-electron chi connectivity index (χ4n) is 1.11. The average Bonchev–Trinajstić information content (AvgIpc) is 2.76. The fraction of sp³-hybridized carbons (Fsp3) is 0.111. The van der Waals surface area contributed by atoms with Crippen LogP contribution in [0, 0.1) is 10.1 Å². The second kappa shape index (κ2) is 4.39. The SMILES string of the molecule is O=[N+]([O-])c1onnc1OCc1ccccc1. The first-order chi connectivity index (χ1) is 7.77. The first-order valence-corrected chi connectivity index (χ1v) is 4.41. The van der Waals surface area contributed by atoms with Crippen molar-refractivity contribution in [1.29, 1.82) is 0 Å². The third-order valence-electron chi connectivity index (χ3n) is 1.83. The molecule has 0 amide bonds. The molecule has 1 heterocycles. The lowest BCUT2D eigenvalue weighted by Crippen LogP contribution is -1.98. The van der Waals surface area contributed by atoms with Crippen LogP contribution in [0.4, 0.5) is 5.88 Å². The van der Waals surface area contributed by atoms with Crippen molar-refractivity contribution in [3.8, 4) is 5.88 Å². The van der Waals surface area contributed by atoms with Crippen molar-refractivity contribution < 1.29 is 14.2 Å². The Morgan fingerprint density at radius 1 is 1.38 bits per heavy atom. The summed E-state index contributed by atoms with van der Waals surface area (Å²) in [5.74, 6) is -0.801. The number of nitrogens with zero attached hydrogens (tertiary/aromatic N) is 3. The van der Waals surface area contributed by atoms with Crippen LogP contribution >= 0.6 is 0 Å². The topological polar surface area (TPSA) is 91.3 Å². The third kappa shape index (κ3) is 2.14. The van der Waals surface area contributed by atoms with E-state index >= 15 is 0 Å². The van der Waals surface area contributed by atoms with Crippen LogP contribution in [0.25, 0.3) is 0 Å². The lowest BCUT2D eigenvalue weighted by atomic mass is 10.2. The Morgan fingerprint density at radius 3 is 2.81 bits per heavy atom.